The summed E-state index contributed by atoms with van der Waals surface area (Å²) in [6.45, 7) is 4.52. The normalized spacial score (nSPS) is 11.8. The van der Waals surface area contributed by atoms with Gasteiger partial charge in [-0.05, 0) is 13.3 Å². The van der Waals surface area contributed by atoms with Crippen molar-refractivity contribution in [3.05, 3.63) is 0 Å². The molecule has 0 aliphatic carbocycles. The second-order valence-corrected chi connectivity index (χ2v) is 3.32. The third-order valence-corrected chi connectivity index (χ3v) is 2.04. The van der Waals surface area contributed by atoms with Gasteiger partial charge in [-0.25, -0.2) is 0 Å². The summed E-state index contributed by atoms with van der Waals surface area (Å²) >= 11 is 0. The zero-order valence-corrected chi connectivity index (χ0v) is 8.71. The van der Waals surface area contributed by atoms with E-state index in [1.165, 1.54) is 0 Å². The smallest absolute Gasteiger partial charge is 0.239 e. The van der Waals surface area contributed by atoms with Gasteiger partial charge in [0.2, 0.25) is 5.91 Å². The van der Waals surface area contributed by atoms with Crippen molar-refractivity contribution < 1.29 is 4.79 Å². The number of nitrogens with zero attached hydrogens (tertiary/aromatic N) is 2. The molecule has 0 bridgehead atoms. The molecule has 0 heterocycles. The van der Waals surface area contributed by atoms with Crippen LogP contribution in [-0.2, 0) is 4.79 Å². The predicted molar refractivity (Wildman–Crippen MR) is 51.9 cm³/mol. The molecule has 74 valence electrons. The average Bonchev–Trinajstić information content (AvgIpc) is 2.15. The Morgan fingerprint density at radius 3 is 2.62 bits per heavy atom. The minimum absolute atomic E-state index is 0.0707. The first-order valence-corrected chi connectivity index (χ1v) is 4.78. The van der Waals surface area contributed by atoms with Crippen molar-refractivity contribution in [3.8, 4) is 6.07 Å². The molecular weight excluding hydrogens is 164 g/mol. The fourth-order valence-corrected chi connectivity index (χ4v) is 1.09. The summed E-state index contributed by atoms with van der Waals surface area (Å²) in [6, 6.07) is 1.94. The third-order valence-electron chi connectivity index (χ3n) is 2.04. The number of carbonyl (C=O) groups is 1. The Bertz CT molecular complexity index is 196. The lowest BCUT2D eigenvalue weighted by molar-refractivity contribution is -0.132. The van der Waals surface area contributed by atoms with Crippen molar-refractivity contribution >= 4 is 5.91 Å². The number of nitriles is 1. The Hall–Kier alpha value is -1.04. The van der Waals surface area contributed by atoms with Gasteiger partial charge < -0.3 is 4.90 Å². The van der Waals surface area contributed by atoms with E-state index in [2.05, 4.69) is 6.92 Å². The van der Waals surface area contributed by atoms with Crippen LogP contribution in [0.3, 0.4) is 0 Å². The van der Waals surface area contributed by atoms with E-state index < -0.39 is 5.92 Å². The van der Waals surface area contributed by atoms with Crippen LogP contribution in [0.4, 0.5) is 0 Å². The molecule has 0 saturated carbocycles. The summed E-state index contributed by atoms with van der Waals surface area (Å²) in [6.07, 6.45) is 3.31. The number of hydrogen-bond donors (Lipinski definition) is 0. The molecule has 1 unspecified atom stereocenters. The topological polar surface area (TPSA) is 44.1 Å². The van der Waals surface area contributed by atoms with E-state index in [1.807, 2.05) is 6.07 Å². The van der Waals surface area contributed by atoms with E-state index in [-0.39, 0.29) is 5.91 Å². The molecule has 0 aliphatic rings. The van der Waals surface area contributed by atoms with E-state index in [1.54, 1.807) is 18.9 Å². The Labute approximate surface area is 80.3 Å². The number of amides is 1. The van der Waals surface area contributed by atoms with E-state index in [0.29, 0.717) is 0 Å². The summed E-state index contributed by atoms with van der Waals surface area (Å²) in [5.74, 6) is -0.578. The fourth-order valence-electron chi connectivity index (χ4n) is 1.09. The Balaban J connectivity index is 3.77. The molecule has 0 fully saturated rings. The summed E-state index contributed by atoms with van der Waals surface area (Å²) in [5.41, 5.74) is 0. The molecule has 0 aromatic heterocycles. The van der Waals surface area contributed by atoms with Gasteiger partial charge in [0.15, 0.2) is 0 Å². The SMILES string of the molecule is CCCCCN(C)C(=O)C(C)C#N. The van der Waals surface area contributed by atoms with Gasteiger partial charge in [0.1, 0.15) is 5.92 Å². The van der Waals surface area contributed by atoms with Crippen LogP contribution in [0.25, 0.3) is 0 Å². The second-order valence-electron chi connectivity index (χ2n) is 3.32. The summed E-state index contributed by atoms with van der Waals surface area (Å²) < 4.78 is 0. The minimum atomic E-state index is -0.508. The zero-order chi connectivity index (χ0) is 10.3. The molecule has 1 atom stereocenters. The van der Waals surface area contributed by atoms with Crippen molar-refractivity contribution in [2.24, 2.45) is 5.92 Å². The van der Waals surface area contributed by atoms with Gasteiger partial charge in [-0.2, -0.15) is 5.26 Å². The van der Waals surface area contributed by atoms with E-state index in [9.17, 15) is 4.79 Å². The maximum atomic E-state index is 11.4. The number of rotatable bonds is 5. The Morgan fingerprint density at radius 1 is 1.54 bits per heavy atom. The van der Waals surface area contributed by atoms with Crippen LogP contribution >= 0.6 is 0 Å². The van der Waals surface area contributed by atoms with Gasteiger partial charge in [-0.3, -0.25) is 4.79 Å². The molecule has 0 N–H and O–H groups in total. The maximum Gasteiger partial charge on any atom is 0.239 e. The third kappa shape index (κ3) is 4.51. The predicted octanol–water partition coefficient (Wildman–Crippen LogP) is 1.79. The highest BCUT2D eigenvalue weighted by molar-refractivity contribution is 5.80. The van der Waals surface area contributed by atoms with Crippen LogP contribution in [0.2, 0.25) is 0 Å². The molecule has 0 aromatic rings. The monoisotopic (exact) mass is 182 g/mol. The number of unbranched alkanes of at least 4 members (excludes halogenated alkanes) is 2. The molecule has 0 radical (unpaired) electrons. The molecule has 0 saturated heterocycles. The highest BCUT2D eigenvalue weighted by Crippen LogP contribution is 2.02. The largest absolute Gasteiger partial charge is 0.345 e. The number of hydrogen-bond acceptors (Lipinski definition) is 2. The molecule has 0 rings (SSSR count). The van der Waals surface area contributed by atoms with Crippen LogP contribution in [-0.4, -0.2) is 24.4 Å². The van der Waals surface area contributed by atoms with Crippen molar-refractivity contribution in [1.82, 2.24) is 4.90 Å². The van der Waals surface area contributed by atoms with Crippen LogP contribution in [0, 0.1) is 17.2 Å². The van der Waals surface area contributed by atoms with Gasteiger partial charge in [-0.15, -0.1) is 0 Å². The van der Waals surface area contributed by atoms with E-state index in [4.69, 9.17) is 5.26 Å². The standard InChI is InChI=1S/C10H18N2O/c1-4-5-6-7-12(3)10(13)9(2)8-11/h9H,4-7H2,1-3H3. The Kier molecular flexibility index (Phi) is 5.96. The van der Waals surface area contributed by atoms with Gasteiger partial charge in [0.05, 0.1) is 6.07 Å². The zero-order valence-electron chi connectivity index (χ0n) is 8.71. The van der Waals surface area contributed by atoms with Gasteiger partial charge in [-0.1, -0.05) is 19.8 Å². The summed E-state index contributed by atoms with van der Waals surface area (Å²) in [7, 11) is 1.76. The van der Waals surface area contributed by atoms with Crippen LogP contribution in [0.5, 0.6) is 0 Å². The maximum absolute atomic E-state index is 11.4. The van der Waals surface area contributed by atoms with Crippen LogP contribution in [0.15, 0.2) is 0 Å². The first-order chi connectivity index (χ1) is 6.13. The van der Waals surface area contributed by atoms with Crippen LogP contribution in [0.1, 0.15) is 33.1 Å². The molecular formula is C10H18N2O. The van der Waals surface area contributed by atoms with Crippen molar-refractivity contribution in [1.29, 1.82) is 5.26 Å². The molecule has 1 amide bonds. The van der Waals surface area contributed by atoms with E-state index in [0.717, 1.165) is 25.8 Å². The molecule has 0 aromatic carbocycles. The first kappa shape index (κ1) is 12.0. The van der Waals surface area contributed by atoms with Crippen molar-refractivity contribution in [2.45, 2.75) is 33.1 Å². The molecule has 3 heteroatoms. The van der Waals surface area contributed by atoms with Crippen LogP contribution < -0.4 is 0 Å². The fraction of sp³-hybridized carbons (Fsp3) is 0.800. The quantitative estimate of drug-likeness (QED) is 0.608. The van der Waals surface area contributed by atoms with Gasteiger partial charge in [0, 0.05) is 13.6 Å². The van der Waals surface area contributed by atoms with Gasteiger partial charge in [0.25, 0.3) is 0 Å². The lowest BCUT2D eigenvalue weighted by Crippen LogP contribution is -2.31. The minimum Gasteiger partial charge on any atom is -0.345 e. The number of carbonyl (C=O) groups excluding carboxylic acids is 1. The second kappa shape index (κ2) is 6.47. The summed E-state index contributed by atoms with van der Waals surface area (Å²) in [4.78, 5) is 13.0. The lowest BCUT2D eigenvalue weighted by atomic mass is 10.1. The highest BCUT2D eigenvalue weighted by atomic mass is 16.2. The van der Waals surface area contributed by atoms with Crippen molar-refractivity contribution in [2.75, 3.05) is 13.6 Å². The van der Waals surface area contributed by atoms with Crippen molar-refractivity contribution in [3.63, 3.8) is 0 Å². The molecule has 3 nitrogen and oxygen atoms in total. The Morgan fingerprint density at radius 2 is 2.15 bits per heavy atom. The lowest BCUT2D eigenvalue weighted by Gasteiger charge is -2.17. The summed E-state index contributed by atoms with van der Waals surface area (Å²) in [5, 5.41) is 8.53. The molecule has 0 aliphatic heterocycles. The molecule has 13 heavy (non-hydrogen) atoms. The highest BCUT2D eigenvalue weighted by Gasteiger charge is 2.15. The first-order valence-electron chi connectivity index (χ1n) is 4.78. The van der Waals surface area contributed by atoms with Gasteiger partial charge >= 0.3 is 0 Å². The van der Waals surface area contributed by atoms with E-state index >= 15 is 0 Å². The molecule has 0 spiro atoms. The average molecular weight is 182 g/mol.